The first-order chi connectivity index (χ1) is 69.2. The van der Waals surface area contributed by atoms with Gasteiger partial charge in [0.05, 0.1) is 142 Å². The highest BCUT2D eigenvalue weighted by molar-refractivity contribution is 8.13. The summed E-state index contributed by atoms with van der Waals surface area (Å²) >= 11 is 6.81. The van der Waals surface area contributed by atoms with E-state index in [4.69, 9.17) is 75.3 Å². The van der Waals surface area contributed by atoms with E-state index in [1.54, 1.807) is 117 Å². The Morgan fingerprint density at radius 3 is 0.979 bits per heavy atom. The SMILES string of the molecule is C=C(NC(=O)OC(C)(C)C)Nc1ccc(-c2ccc(-c3ccc(N=C(C)NC(=O)OC(C)(C)C)cn3)cc2)nc1.CC.CSC(C)=NC(=O)OC(C)(C)C.NC(N)=Nc1ccc(-c2ccc(-c3ccc(N=C(N)N)cn3)cc2)nc1.Nc1ccc(-c2ccc(-c3ccc(N)cn3)cc2)nc1.O=[N+]([O-])c1ccc(-c2ccc(-c3ccc([N+](=O)[O-])cn3)cc2)nc1.O=[N+]([O-])c1ccc(Cl)nc1.O[B]Oc1ccc(B(O)O)cc1. The molecule has 0 aliphatic rings. The van der Waals surface area contributed by atoms with Crippen LogP contribution in [0.1, 0.15) is 90.0 Å². The van der Waals surface area contributed by atoms with Gasteiger partial charge in [-0.3, -0.25) is 70.9 Å². The second kappa shape index (κ2) is 56.5. The molecule has 0 fully saturated rings. The number of nitro groups is 3. The van der Waals surface area contributed by atoms with Crippen molar-refractivity contribution in [1.82, 2.24) is 55.5 Å². The van der Waals surface area contributed by atoms with Gasteiger partial charge in [0.1, 0.15) is 52.2 Å². The minimum Gasteiger partial charge on any atom is -0.537 e. The summed E-state index contributed by atoms with van der Waals surface area (Å²) in [5.41, 5.74) is 48.8. The number of aliphatic imine (C=N–C) groups is 4. The molecule has 1 radical (unpaired) electrons. The lowest BCUT2D eigenvalue weighted by Gasteiger charge is -2.20. The van der Waals surface area contributed by atoms with Crippen LogP contribution < -0.4 is 60.5 Å². The van der Waals surface area contributed by atoms with Crippen molar-refractivity contribution in [2.24, 2.45) is 42.9 Å². The minimum absolute atomic E-state index is 0.00209. The number of aromatic nitrogens is 9. The number of hydrogen-bond donors (Lipinski definition) is 12. The van der Waals surface area contributed by atoms with Crippen molar-refractivity contribution in [3.05, 3.63) is 334 Å². The maximum absolute atomic E-state index is 11.9. The zero-order valence-electron chi connectivity index (χ0n) is 82.1. The Kier molecular flexibility index (Phi) is 44.6. The number of benzene rings is 5. The maximum atomic E-state index is 11.9. The Balaban J connectivity index is 0.000000241. The first-order valence-electron chi connectivity index (χ1n) is 44.0. The number of nitrogens with one attached hydrogen (secondary N) is 3. The number of thioether (sulfide) groups is 1. The van der Waals surface area contributed by atoms with Crippen LogP contribution in [-0.2, 0) is 14.2 Å². The summed E-state index contributed by atoms with van der Waals surface area (Å²) < 4.78 is 20.0. The van der Waals surface area contributed by atoms with Crippen molar-refractivity contribution in [3.8, 4) is 95.8 Å². The molecule has 0 spiro atoms. The van der Waals surface area contributed by atoms with E-state index in [0.717, 1.165) is 84.9 Å². The van der Waals surface area contributed by atoms with Gasteiger partial charge >= 0.3 is 33.1 Å². The summed E-state index contributed by atoms with van der Waals surface area (Å²) in [7, 11) is -0.915. The van der Waals surface area contributed by atoms with Crippen molar-refractivity contribution < 1.29 is 63.1 Å². The highest BCUT2D eigenvalue weighted by atomic mass is 35.5. The van der Waals surface area contributed by atoms with E-state index >= 15 is 0 Å². The average Bonchev–Trinajstić information content (AvgIpc) is 0.846. The van der Waals surface area contributed by atoms with Crippen LogP contribution in [0.4, 0.5) is 65.6 Å². The molecule has 9 aromatic heterocycles. The van der Waals surface area contributed by atoms with E-state index < -0.39 is 57.0 Å². The predicted octanol–water partition coefficient (Wildman–Crippen LogP) is 18.7. The lowest BCUT2D eigenvalue weighted by molar-refractivity contribution is -0.385. The molecule has 18 N–H and O–H groups in total. The zero-order chi connectivity index (χ0) is 107. The van der Waals surface area contributed by atoms with E-state index in [1.807, 2.05) is 199 Å². The van der Waals surface area contributed by atoms with Crippen LogP contribution >= 0.6 is 23.4 Å². The summed E-state index contributed by atoms with van der Waals surface area (Å²) in [5, 5.41) is 66.1. The molecular formula is C101H109B2ClN25O16S. The Morgan fingerprint density at radius 1 is 0.418 bits per heavy atom. The fraction of sp³-hybridized carbons (Fsp3) is 0.168. The zero-order valence-corrected chi connectivity index (χ0v) is 83.6. The number of ether oxygens (including phenoxy) is 3. The van der Waals surface area contributed by atoms with E-state index in [0.29, 0.717) is 75.3 Å². The number of nitrogen functional groups attached to an aromatic ring is 2. The number of halogens is 1. The number of nitrogens with zero attached hydrogens (tertiary/aromatic N) is 16. The van der Waals surface area contributed by atoms with E-state index in [9.17, 15) is 44.7 Å². The molecule has 0 atom stereocenters. The molecule has 0 saturated heterocycles. The van der Waals surface area contributed by atoms with Crippen LogP contribution in [-0.4, -0.2) is 154 Å². The van der Waals surface area contributed by atoms with Gasteiger partial charge in [0.2, 0.25) is 0 Å². The van der Waals surface area contributed by atoms with Gasteiger partial charge in [0.15, 0.2) is 11.9 Å². The van der Waals surface area contributed by atoms with Crippen molar-refractivity contribution in [1.29, 1.82) is 0 Å². The summed E-state index contributed by atoms with van der Waals surface area (Å²) in [5.74, 6) is 1.13. The molecule has 14 aromatic rings. The van der Waals surface area contributed by atoms with E-state index in [1.165, 1.54) is 72.7 Å². The van der Waals surface area contributed by atoms with Crippen molar-refractivity contribution in [2.75, 3.05) is 23.0 Å². The highest BCUT2D eigenvalue weighted by Gasteiger charge is 2.21. The van der Waals surface area contributed by atoms with Crippen LogP contribution in [0.15, 0.2) is 319 Å². The molecule has 45 heteroatoms. The predicted molar refractivity (Wildman–Crippen MR) is 574 cm³/mol. The quantitative estimate of drug-likeness (QED) is 0.00641. The molecule has 3 amide bonds. The van der Waals surface area contributed by atoms with Gasteiger partial charge in [-0.1, -0.05) is 141 Å². The third kappa shape index (κ3) is 41.5. The number of guanidine groups is 2. The third-order valence-corrected chi connectivity index (χ3v) is 19.0. The van der Waals surface area contributed by atoms with Gasteiger partial charge in [-0.05, 0) is 191 Å². The summed E-state index contributed by atoms with van der Waals surface area (Å²) in [6.45, 7) is 27.5. The number of alkyl carbamates (subject to hydrolysis) is 2. The van der Waals surface area contributed by atoms with Gasteiger partial charge in [-0.15, -0.1) is 11.8 Å². The minimum atomic E-state index is -1.47. The summed E-state index contributed by atoms with van der Waals surface area (Å²) in [4.78, 5) is 119. The molecule has 14 rings (SSSR count). The number of amides is 3. The first kappa shape index (κ1) is 115. The Bertz CT molecular complexity index is 6500. The van der Waals surface area contributed by atoms with Crippen LogP contribution in [0, 0.1) is 30.3 Å². The standard InChI is InChI=1S/C30H36N6O4.C18H18N8.C16H10N4O4.C16H14N4.C8H15NO2S.C6H7B2O4.C5H3ClN2O2.C2H6/c1-19(35-27(37)39-29(3,4)5)33-23-13-15-25(31-17-23)21-9-11-22(12-10-21)26-16-14-24(18-32-26)34-20(2)36-28(38)40-30(6,7)8;19-17(20)25-13-5-7-15(23-9-13)11-1-2-12(4-3-11)16-8-6-14(10-24-16)26-18(21)22;21-19(22)13-5-7-15(17-9-13)11-1-2-12(4-3-11)16-8-6-14(10-18-16)20(23)24;17-13-5-7-15(19-9-13)11-1-2-12(4-3-11)16-8-6-14(18)10-20-16;1-6(12-5)9-7(10)11-8(2,3)4;9-7-12-6-3-1-5(2-4-6)8(10)11;6-5-2-1-4(3-7-5)8(9)10;1-2/h9-18,33H,1H2,2-8H3,(H,35,37)(H,34,36,38);1-10H,(H4,19,20,25)(H4,21,22,26);1-10H;1-10H,17-18H2;1-5H3;1-4,9-11H;1-3H;1-2H3. The van der Waals surface area contributed by atoms with Crippen molar-refractivity contribution in [2.45, 2.75) is 107 Å². The molecule has 0 unspecified atom stereocenters. The third-order valence-electron chi connectivity index (χ3n) is 18.1. The van der Waals surface area contributed by atoms with Gasteiger partial charge in [-0.25, -0.2) is 44.3 Å². The lowest BCUT2D eigenvalue weighted by atomic mass is 9.80. The molecule has 9 heterocycles. The topological polar surface area (TPSA) is 636 Å². The van der Waals surface area contributed by atoms with Crippen molar-refractivity contribution >= 4 is 136 Å². The molecule has 753 valence electrons. The molecule has 0 aliphatic carbocycles. The molecule has 0 saturated carbocycles. The fourth-order valence-corrected chi connectivity index (χ4v) is 11.8. The van der Waals surface area contributed by atoms with Crippen molar-refractivity contribution in [3.63, 3.8) is 0 Å². The summed E-state index contributed by atoms with van der Waals surface area (Å²) in [6.07, 6.45) is 13.6. The Labute approximate surface area is 852 Å². The van der Waals surface area contributed by atoms with E-state index in [2.05, 4.69) is 92.0 Å². The second-order valence-corrected chi connectivity index (χ2v) is 34.3. The molecule has 0 aliphatic heterocycles. The number of anilines is 3. The largest absolute Gasteiger partial charge is 0.569 e. The van der Waals surface area contributed by atoms with E-state index in [-0.39, 0.29) is 40.0 Å². The molecule has 146 heavy (non-hydrogen) atoms. The number of carbonyl (C=O) groups excluding carboxylic acids is 3. The molecule has 41 nitrogen and oxygen atoms in total. The van der Waals surface area contributed by atoms with Gasteiger partial charge in [0, 0.05) is 62.7 Å². The Hall–Kier alpha value is -17.9. The highest BCUT2D eigenvalue weighted by Crippen LogP contribution is 2.31. The number of rotatable bonds is 20. The van der Waals surface area contributed by atoms with Crippen LogP contribution in [0.5, 0.6) is 5.75 Å². The molecule has 0 bridgehead atoms. The maximum Gasteiger partial charge on any atom is 0.569 e. The number of pyridine rings is 9. The van der Waals surface area contributed by atoms with Crippen LogP contribution in [0.2, 0.25) is 5.15 Å². The fourth-order valence-electron chi connectivity index (χ4n) is 11.6. The number of carbonyl (C=O) groups is 3. The second-order valence-electron chi connectivity index (χ2n) is 32.9. The number of amidine groups is 1. The summed E-state index contributed by atoms with van der Waals surface area (Å²) in [6, 6.07) is 68.0. The number of hydrogen-bond acceptors (Lipinski definition) is 32. The lowest BCUT2D eigenvalue weighted by Crippen LogP contribution is -2.35. The monoisotopic (exact) mass is 2020 g/mol. The van der Waals surface area contributed by atoms with Crippen LogP contribution in [0.3, 0.4) is 0 Å². The average molecular weight is 2020 g/mol. The van der Waals surface area contributed by atoms with Gasteiger partial charge in [0.25, 0.3) is 17.1 Å². The normalized spacial score (nSPS) is 10.7. The van der Waals surface area contributed by atoms with Gasteiger partial charge in [-0.2, -0.15) is 4.99 Å². The smallest absolute Gasteiger partial charge is 0.537 e. The van der Waals surface area contributed by atoms with Gasteiger partial charge < -0.3 is 73.7 Å². The number of nitrogens with two attached hydrogens (primary N) is 6. The van der Waals surface area contributed by atoms with Crippen LogP contribution in [0.25, 0.3) is 90.1 Å². The Morgan fingerprint density at radius 2 is 0.719 bits per heavy atom. The first-order valence-corrected chi connectivity index (χ1v) is 45.6. The molecule has 5 aromatic carbocycles. The molecular weight excluding hydrogens is 1910 g/mol.